The molecule has 0 aliphatic heterocycles. The molecule has 126 valence electrons. The van der Waals surface area contributed by atoms with Crippen LogP contribution in [-0.2, 0) is 0 Å². The Morgan fingerprint density at radius 3 is 2.00 bits per heavy atom. The first kappa shape index (κ1) is 19.5. The van der Waals surface area contributed by atoms with Crippen LogP contribution in [0, 0.1) is 23.2 Å². The summed E-state index contributed by atoms with van der Waals surface area (Å²) in [6.07, 6.45) is 22.4. The third-order valence-electron chi connectivity index (χ3n) is 5.25. The van der Waals surface area contributed by atoms with Crippen molar-refractivity contribution in [1.29, 1.82) is 0 Å². The fraction of sp³-hybridized carbons (Fsp3) is 0.478. The van der Waals surface area contributed by atoms with Crippen molar-refractivity contribution in [3.05, 3.63) is 74.4 Å². The second kappa shape index (κ2) is 9.55. The highest BCUT2D eigenvalue weighted by Gasteiger charge is 2.37. The Morgan fingerprint density at radius 1 is 1.09 bits per heavy atom. The zero-order valence-electron chi connectivity index (χ0n) is 15.1. The van der Waals surface area contributed by atoms with Crippen LogP contribution in [0.5, 0.6) is 0 Å². The Labute approximate surface area is 144 Å². The maximum absolute atomic E-state index is 3.86. The van der Waals surface area contributed by atoms with Crippen molar-refractivity contribution in [3.8, 4) is 0 Å². The first-order valence-electron chi connectivity index (χ1n) is 8.89. The van der Waals surface area contributed by atoms with E-state index in [0.29, 0.717) is 5.41 Å². The third kappa shape index (κ3) is 4.96. The monoisotopic (exact) mass is 310 g/mol. The van der Waals surface area contributed by atoms with E-state index in [1.165, 1.54) is 32.1 Å². The van der Waals surface area contributed by atoms with Gasteiger partial charge in [0.2, 0.25) is 0 Å². The number of rotatable bonds is 1. The lowest BCUT2D eigenvalue weighted by Gasteiger charge is -2.16. The van der Waals surface area contributed by atoms with Gasteiger partial charge in [-0.05, 0) is 63.7 Å². The molecule has 0 aromatic heterocycles. The van der Waals surface area contributed by atoms with Gasteiger partial charge in [0.25, 0.3) is 0 Å². The fourth-order valence-electron chi connectivity index (χ4n) is 4.03. The molecule has 4 rings (SSSR count). The lowest BCUT2D eigenvalue weighted by Crippen LogP contribution is -2.05. The quantitative estimate of drug-likeness (QED) is 0.455. The highest BCUT2D eigenvalue weighted by Crippen LogP contribution is 2.49. The molecule has 0 nitrogen and oxygen atoms in total. The molecule has 0 aromatic carbocycles. The Morgan fingerprint density at radius 2 is 1.78 bits per heavy atom. The van der Waals surface area contributed by atoms with Crippen LogP contribution in [-0.4, -0.2) is 0 Å². The average molecular weight is 311 g/mol. The van der Waals surface area contributed by atoms with E-state index >= 15 is 0 Å². The molecular weight excluding hydrogens is 276 g/mol. The molecule has 0 saturated heterocycles. The summed E-state index contributed by atoms with van der Waals surface area (Å²) >= 11 is 0. The van der Waals surface area contributed by atoms with E-state index in [0.717, 1.165) is 17.8 Å². The number of hydrogen-bond donors (Lipinski definition) is 0. The molecule has 4 aliphatic rings. The minimum Gasteiger partial charge on any atom is -0.106 e. The number of fused-ring (bicyclic) bond motifs is 4. The van der Waals surface area contributed by atoms with E-state index in [1.54, 1.807) is 11.6 Å². The van der Waals surface area contributed by atoms with Gasteiger partial charge in [-0.1, -0.05) is 48.1 Å². The van der Waals surface area contributed by atoms with Gasteiger partial charge in [-0.25, -0.2) is 0 Å². The summed E-state index contributed by atoms with van der Waals surface area (Å²) in [6, 6.07) is 0. The molecule has 0 heteroatoms. The Balaban J connectivity index is 0.000000181. The van der Waals surface area contributed by atoms with Gasteiger partial charge in [-0.3, -0.25) is 0 Å². The Hall–Kier alpha value is -1.56. The summed E-state index contributed by atoms with van der Waals surface area (Å²) in [7, 11) is 0. The minimum atomic E-state index is 0.435. The van der Waals surface area contributed by atoms with Crippen molar-refractivity contribution in [2.45, 2.75) is 46.0 Å². The summed E-state index contributed by atoms with van der Waals surface area (Å²) in [5, 5.41) is 0. The SMILES string of the molecule is C=C.C=CC.C=CC12C=CC(CC1)C2.CC=C1CC2C=CC1C2. The van der Waals surface area contributed by atoms with Crippen LogP contribution >= 0.6 is 0 Å². The van der Waals surface area contributed by atoms with E-state index in [1.807, 2.05) is 6.92 Å². The zero-order chi connectivity index (χ0) is 17.3. The van der Waals surface area contributed by atoms with Crippen LogP contribution in [0.3, 0.4) is 0 Å². The zero-order valence-corrected chi connectivity index (χ0v) is 15.1. The van der Waals surface area contributed by atoms with Gasteiger partial charge < -0.3 is 0 Å². The molecule has 0 aromatic rings. The molecule has 0 heterocycles. The van der Waals surface area contributed by atoms with Crippen molar-refractivity contribution in [2.24, 2.45) is 23.2 Å². The molecule has 2 saturated carbocycles. The van der Waals surface area contributed by atoms with Gasteiger partial charge >= 0.3 is 0 Å². The van der Waals surface area contributed by atoms with Gasteiger partial charge in [0.1, 0.15) is 0 Å². The largest absolute Gasteiger partial charge is 0.106 e. The summed E-state index contributed by atoms with van der Waals surface area (Å²) in [5.41, 5.74) is 2.10. The number of allylic oxidation sites excluding steroid dienone is 8. The van der Waals surface area contributed by atoms with Crippen molar-refractivity contribution < 1.29 is 0 Å². The molecule has 4 atom stereocenters. The predicted octanol–water partition coefficient (Wildman–Crippen LogP) is 7.05. The van der Waals surface area contributed by atoms with E-state index in [-0.39, 0.29) is 0 Å². The molecule has 0 amide bonds. The van der Waals surface area contributed by atoms with Gasteiger partial charge in [0, 0.05) is 5.41 Å². The molecule has 4 aliphatic carbocycles. The smallest absolute Gasteiger partial charge is 0.00642 e. The standard InChI is InChI=1S/2C9H12.C3H6.C2H4/c1-2-9-5-3-8(7-9)4-6-9;1-2-8-5-7-3-4-9(8)6-7;1-3-2;1-2/h2-3,5,8H,1,4,6-7H2;2-4,7,9H,5-6H2,1H3;3H,1H2,2H3;1-2H2. The lowest BCUT2D eigenvalue weighted by molar-refractivity contribution is 0.525. The minimum absolute atomic E-state index is 0.435. The van der Waals surface area contributed by atoms with Crippen LogP contribution in [0.2, 0.25) is 0 Å². The molecule has 23 heavy (non-hydrogen) atoms. The predicted molar refractivity (Wildman–Crippen MR) is 105 cm³/mol. The topological polar surface area (TPSA) is 0 Å². The average Bonchev–Trinajstić information content (AvgIpc) is 3.38. The van der Waals surface area contributed by atoms with Gasteiger partial charge in [0.15, 0.2) is 0 Å². The molecule has 4 bridgehead atoms. The van der Waals surface area contributed by atoms with Crippen molar-refractivity contribution in [2.75, 3.05) is 0 Å². The maximum Gasteiger partial charge on any atom is 0.00642 e. The highest BCUT2D eigenvalue weighted by molar-refractivity contribution is 5.26. The summed E-state index contributed by atoms with van der Waals surface area (Å²) < 4.78 is 0. The van der Waals surface area contributed by atoms with E-state index in [4.69, 9.17) is 0 Å². The molecular formula is C23H34. The Kier molecular flexibility index (Phi) is 8.09. The first-order chi connectivity index (χ1) is 11.2. The fourth-order valence-corrected chi connectivity index (χ4v) is 4.03. The van der Waals surface area contributed by atoms with Gasteiger partial charge in [-0.2, -0.15) is 0 Å². The molecule has 2 fully saturated rings. The highest BCUT2D eigenvalue weighted by atomic mass is 14.4. The van der Waals surface area contributed by atoms with Crippen molar-refractivity contribution >= 4 is 0 Å². The summed E-state index contributed by atoms with van der Waals surface area (Å²) in [4.78, 5) is 0. The van der Waals surface area contributed by atoms with E-state index in [2.05, 4.69) is 69.7 Å². The van der Waals surface area contributed by atoms with E-state index in [9.17, 15) is 0 Å². The van der Waals surface area contributed by atoms with Crippen molar-refractivity contribution in [3.63, 3.8) is 0 Å². The van der Waals surface area contributed by atoms with Crippen LogP contribution < -0.4 is 0 Å². The van der Waals surface area contributed by atoms with Crippen LogP contribution in [0.1, 0.15) is 46.0 Å². The molecule has 0 radical (unpaired) electrons. The Bertz CT molecular complexity index is 476. The summed E-state index contributed by atoms with van der Waals surface area (Å²) in [5.74, 6) is 2.63. The van der Waals surface area contributed by atoms with Crippen LogP contribution in [0.4, 0.5) is 0 Å². The van der Waals surface area contributed by atoms with Gasteiger partial charge in [0.05, 0.1) is 0 Å². The van der Waals surface area contributed by atoms with E-state index < -0.39 is 0 Å². The molecule has 4 unspecified atom stereocenters. The van der Waals surface area contributed by atoms with Crippen LogP contribution in [0.25, 0.3) is 0 Å². The normalized spacial score (nSPS) is 35.6. The van der Waals surface area contributed by atoms with Crippen LogP contribution in [0.15, 0.2) is 74.4 Å². The van der Waals surface area contributed by atoms with Crippen molar-refractivity contribution in [1.82, 2.24) is 0 Å². The second-order valence-electron chi connectivity index (χ2n) is 6.76. The third-order valence-corrected chi connectivity index (χ3v) is 5.25. The molecule has 0 spiro atoms. The maximum atomic E-state index is 3.86. The lowest BCUT2D eigenvalue weighted by atomic mass is 9.88. The van der Waals surface area contributed by atoms with Gasteiger partial charge in [-0.15, -0.1) is 26.3 Å². The number of hydrogen-bond acceptors (Lipinski definition) is 0. The summed E-state index contributed by atoms with van der Waals surface area (Å²) in [6.45, 7) is 17.3. The molecule has 0 N–H and O–H groups in total. The first-order valence-corrected chi connectivity index (χ1v) is 8.89. The second-order valence-corrected chi connectivity index (χ2v) is 6.76.